The van der Waals surface area contributed by atoms with Crippen LogP contribution in [0, 0.1) is 0 Å². The molecule has 0 spiro atoms. The lowest BCUT2D eigenvalue weighted by Gasteiger charge is -2.11. The SMILES string of the molecule is CCCC(=O)Nc1ccc(NCCc2ccc(OC)c(OC)c2)cc1. The third-order valence-corrected chi connectivity index (χ3v) is 3.84. The summed E-state index contributed by atoms with van der Waals surface area (Å²) in [6.45, 7) is 2.79. The average molecular weight is 342 g/mol. The van der Waals surface area contributed by atoms with Gasteiger partial charge in [0, 0.05) is 24.3 Å². The fourth-order valence-electron chi connectivity index (χ4n) is 2.51. The van der Waals surface area contributed by atoms with Crippen molar-refractivity contribution in [2.24, 2.45) is 0 Å². The molecule has 0 saturated heterocycles. The number of hydrogen-bond donors (Lipinski definition) is 2. The van der Waals surface area contributed by atoms with Crippen molar-refractivity contribution in [1.82, 2.24) is 0 Å². The lowest BCUT2D eigenvalue weighted by atomic mass is 10.1. The molecule has 0 atom stereocenters. The highest BCUT2D eigenvalue weighted by Gasteiger charge is 2.04. The summed E-state index contributed by atoms with van der Waals surface area (Å²) < 4.78 is 10.6. The van der Waals surface area contributed by atoms with E-state index in [-0.39, 0.29) is 5.91 Å². The molecule has 0 aliphatic carbocycles. The first-order valence-electron chi connectivity index (χ1n) is 8.51. The van der Waals surface area contributed by atoms with Gasteiger partial charge in [0.2, 0.25) is 5.91 Å². The molecule has 0 aliphatic heterocycles. The monoisotopic (exact) mass is 342 g/mol. The van der Waals surface area contributed by atoms with Gasteiger partial charge in [0.25, 0.3) is 0 Å². The Bertz CT molecular complexity index is 684. The summed E-state index contributed by atoms with van der Waals surface area (Å²) >= 11 is 0. The molecule has 2 aromatic rings. The minimum atomic E-state index is 0.0525. The van der Waals surface area contributed by atoms with Crippen molar-refractivity contribution >= 4 is 17.3 Å². The lowest BCUT2D eigenvalue weighted by molar-refractivity contribution is -0.116. The zero-order valence-corrected chi connectivity index (χ0v) is 15.1. The first-order valence-corrected chi connectivity index (χ1v) is 8.51. The van der Waals surface area contributed by atoms with Crippen molar-refractivity contribution in [1.29, 1.82) is 0 Å². The fraction of sp³-hybridized carbons (Fsp3) is 0.350. The Kier molecular flexibility index (Phi) is 7.14. The first-order chi connectivity index (χ1) is 12.2. The van der Waals surface area contributed by atoms with Crippen LogP contribution in [0.4, 0.5) is 11.4 Å². The summed E-state index contributed by atoms with van der Waals surface area (Å²) in [7, 11) is 3.27. The van der Waals surface area contributed by atoms with Crippen molar-refractivity contribution < 1.29 is 14.3 Å². The van der Waals surface area contributed by atoms with Gasteiger partial charge in [-0.2, -0.15) is 0 Å². The molecule has 0 fully saturated rings. The second-order valence-electron chi connectivity index (χ2n) is 5.74. The summed E-state index contributed by atoms with van der Waals surface area (Å²) in [5.74, 6) is 1.53. The Balaban J connectivity index is 1.84. The summed E-state index contributed by atoms with van der Waals surface area (Å²) in [6, 6.07) is 13.7. The Morgan fingerprint density at radius 2 is 1.64 bits per heavy atom. The summed E-state index contributed by atoms with van der Waals surface area (Å²) in [6.07, 6.45) is 2.27. The molecule has 25 heavy (non-hydrogen) atoms. The van der Waals surface area contributed by atoms with Crippen LogP contribution < -0.4 is 20.1 Å². The number of carbonyl (C=O) groups excluding carboxylic acids is 1. The van der Waals surface area contributed by atoms with Crippen LogP contribution in [0.3, 0.4) is 0 Å². The number of amides is 1. The molecule has 0 aliphatic rings. The predicted molar refractivity (Wildman–Crippen MR) is 102 cm³/mol. The minimum Gasteiger partial charge on any atom is -0.493 e. The molecule has 0 bridgehead atoms. The fourth-order valence-corrected chi connectivity index (χ4v) is 2.51. The molecule has 1 amide bonds. The van der Waals surface area contributed by atoms with Crippen LogP contribution in [0.5, 0.6) is 11.5 Å². The van der Waals surface area contributed by atoms with E-state index in [1.54, 1.807) is 14.2 Å². The molecule has 2 aromatic carbocycles. The predicted octanol–water partition coefficient (Wildman–Crippen LogP) is 4.10. The maximum Gasteiger partial charge on any atom is 0.224 e. The number of nitrogens with one attached hydrogen (secondary N) is 2. The van der Waals surface area contributed by atoms with Crippen molar-refractivity contribution in [3.05, 3.63) is 48.0 Å². The quantitative estimate of drug-likeness (QED) is 0.720. The average Bonchev–Trinajstić information content (AvgIpc) is 2.63. The van der Waals surface area contributed by atoms with Crippen LogP contribution in [0.15, 0.2) is 42.5 Å². The third kappa shape index (κ3) is 5.71. The molecule has 2 rings (SSSR count). The topological polar surface area (TPSA) is 59.6 Å². The van der Waals surface area contributed by atoms with Crippen LogP contribution in [0.25, 0.3) is 0 Å². The second kappa shape index (κ2) is 9.57. The third-order valence-electron chi connectivity index (χ3n) is 3.84. The molecule has 2 N–H and O–H groups in total. The summed E-state index contributed by atoms with van der Waals surface area (Å²) in [4.78, 5) is 11.6. The molecule has 0 radical (unpaired) electrons. The number of ether oxygens (including phenoxy) is 2. The minimum absolute atomic E-state index is 0.0525. The van der Waals surface area contributed by atoms with E-state index in [1.807, 2.05) is 49.4 Å². The number of benzene rings is 2. The number of hydrogen-bond acceptors (Lipinski definition) is 4. The van der Waals surface area contributed by atoms with Crippen molar-refractivity contribution in [3.63, 3.8) is 0 Å². The molecule has 0 saturated carbocycles. The largest absolute Gasteiger partial charge is 0.493 e. The van der Waals surface area contributed by atoms with Gasteiger partial charge in [-0.05, 0) is 54.8 Å². The Morgan fingerprint density at radius 1 is 0.960 bits per heavy atom. The molecule has 0 unspecified atom stereocenters. The Labute approximate surface area is 149 Å². The molecule has 5 nitrogen and oxygen atoms in total. The van der Waals surface area contributed by atoms with E-state index in [0.717, 1.165) is 42.3 Å². The highest BCUT2D eigenvalue weighted by atomic mass is 16.5. The Hall–Kier alpha value is -2.69. The van der Waals surface area contributed by atoms with Crippen LogP contribution in [0.1, 0.15) is 25.3 Å². The molecular weight excluding hydrogens is 316 g/mol. The smallest absolute Gasteiger partial charge is 0.224 e. The van der Waals surface area contributed by atoms with Gasteiger partial charge in [-0.3, -0.25) is 4.79 Å². The van der Waals surface area contributed by atoms with E-state index in [0.29, 0.717) is 6.42 Å². The Morgan fingerprint density at radius 3 is 2.28 bits per heavy atom. The normalized spacial score (nSPS) is 10.2. The number of carbonyl (C=O) groups is 1. The van der Waals surface area contributed by atoms with E-state index in [1.165, 1.54) is 5.56 Å². The van der Waals surface area contributed by atoms with Gasteiger partial charge in [0.1, 0.15) is 0 Å². The van der Waals surface area contributed by atoms with E-state index in [4.69, 9.17) is 9.47 Å². The van der Waals surface area contributed by atoms with E-state index in [9.17, 15) is 4.79 Å². The first kappa shape index (κ1) is 18.6. The zero-order valence-electron chi connectivity index (χ0n) is 15.1. The van der Waals surface area contributed by atoms with Gasteiger partial charge < -0.3 is 20.1 Å². The lowest BCUT2D eigenvalue weighted by Crippen LogP contribution is -2.10. The van der Waals surface area contributed by atoms with Gasteiger partial charge in [0.05, 0.1) is 14.2 Å². The number of methoxy groups -OCH3 is 2. The van der Waals surface area contributed by atoms with Crippen molar-refractivity contribution in [2.75, 3.05) is 31.4 Å². The van der Waals surface area contributed by atoms with E-state index in [2.05, 4.69) is 10.6 Å². The van der Waals surface area contributed by atoms with Gasteiger partial charge in [-0.1, -0.05) is 13.0 Å². The van der Waals surface area contributed by atoms with E-state index < -0.39 is 0 Å². The van der Waals surface area contributed by atoms with Gasteiger partial charge in [-0.15, -0.1) is 0 Å². The van der Waals surface area contributed by atoms with Gasteiger partial charge >= 0.3 is 0 Å². The molecule has 0 aromatic heterocycles. The highest BCUT2D eigenvalue weighted by Crippen LogP contribution is 2.27. The van der Waals surface area contributed by atoms with Crippen molar-refractivity contribution in [3.8, 4) is 11.5 Å². The van der Waals surface area contributed by atoms with E-state index >= 15 is 0 Å². The summed E-state index contributed by atoms with van der Waals surface area (Å²) in [5.41, 5.74) is 3.02. The van der Waals surface area contributed by atoms with Crippen LogP contribution in [0.2, 0.25) is 0 Å². The maximum absolute atomic E-state index is 11.6. The van der Waals surface area contributed by atoms with Crippen LogP contribution >= 0.6 is 0 Å². The number of anilines is 2. The zero-order chi connectivity index (χ0) is 18.1. The second-order valence-corrected chi connectivity index (χ2v) is 5.74. The molecule has 0 heterocycles. The van der Waals surface area contributed by atoms with Gasteiger partial charge in [0.15, 0.2) is 11.5 Å². The van der Waals surface area contributed by atoms with Crippen LogP contribution in [-0.4, -0.2) is 26.7 Å². The molecular formula is C20H26N2O3. The highest BCUT2D eigenvalue weighted by molar-refractivity contribution is 5.90. The molecule has 5 heteroatoms. The van der Waals surface area contributed by atoms with Crippen molar-refractivity contribution in [2.45, 2.75) is 26.2 Å². The standard InChI is InChI=1S/C20H26N2O3/c1-4-5-20(23)22-17-9-7-16(8-10-17)21-13-12-15-6-11-18(24-2)19(14-15)25-3/h6-11,14,21H,4-5,12-13H2,1-3H3,(H,22,23). The maximum atomic E-state index is 11.6. The summed E-state index contributed by atoms with van der Waals surface area (Å²) in [5, 5.41) is 6.26. The molecule has 134 valence electrons. The van der Waals surface area contributed by atoms with Gasteiger partial charge in [-0.25, -0.2) is 0 Å². The number of rotatable bonds is 9. The van der Waals surface area contributed by atoms with Crippen LogP contribution in [-0.2, 0) is 11.2 Å².